The summed E-state index contributed by atoms with van der Waals surface area (Å²) >= 11 is 1.86. The normalized spacial score (nSPS) is 17.1. The summed E-state index contributed by atoms with van der Waals surface area (Å²) < 4.78 is 15.7. The van der Waals surface area contributed by atoms with Crippen molar-refractivity contribution in [2.45, 2.75) is 38.9 Å². The Morgan fingerprint density at radius 3 is 2.03 bits per heavy atom. The van der Waals surface area contributed by atoms with E-state index in [2.05, 4.69) is 119 Å². The van der Waals surface area contributed by atoms with Crippen molar-refractivity contribution in [3.63, 3.8) is 0 Å². The fourth-order valence-electron chi connectivity index (χ4n) is 5.38. The molecule has 1 aliphatic heterocycles. The average molecular weight is 486 g/mol. The van der Waals surface area contributed by atoms with Crippen LogP contribution in [0.4, 0.5) is 0 Å². The predicted molar refractivity (Wildman–Crippen MR) is 155 cm³/mol. The Hall–Kier alpha value is -3.18. The Labute approximate surface area is 215 Å². The Kier molecular flexibility index (Phi) is 4.69. The van der Waals surface area contributed by atoms with Crippen molar-refractivity contribution in [2.75, 3.05) is 0 Å². The maximum Gasteiger partial charge on any atom is 0.495 e. The molecule has 0 amide bonds. The molecule has 0 unspecified atom stereocenters. The summed E-state index contributed by atoms with van der Waals surface area (Å²) in [5, 5.41) is 7.54. The van der Waals surface area contributed by atoms with Crippen LogP contribution in [-0.4, -0.2) is 18.3 Å². The van der Waals surface area contributed by atoms with Gasteiger partial charge in [0.15, 0.2) is 0 Å². The van der Waals surface area contributed by atoms with E-state index in [0.717, 1.165) is 5.46 Å². The van der Waals surface area contributed by atoms with E-state index in [1.165, 1.54) is 52.8 Å². The van der Waals surface area contributed by atoms with Gasteiger partial charge < -0.3 is 9.31 Å². The van der Waals surface area contributed by atoms with E-state index in [1.807, 2.05) is 11.3 Å². The third-order valence-corrected chi connectivity index (χ3v) is 9.25. The van der Waals surface area contributed by atoms with Gasteiger partial charge in [-0.2, -0.15) is 0 Å². The number of hydrogen-bond donors (Lipinski definition) is 0. The molecule has 176 valence electrons. The zero-order chi connectivity index (χ0) is 24.7. The quantitative estimate of drug-likeness (QED) is 0.181. The van der Waals surface area contributed by atoms with E-state index in [0.29, 0.717) is 0 Å². The SMILES string of the molecule is CC1(C)OB(c2cc(-c3ccc4c(c3)sc3ccccc34)cc3c2ccc2ccccc23)OC1(C)C. The Morgan fingerprint density at radius 2 is 1.22 bits per heavy atom. The molecule has 1 saturated heterocycles. The Morgan fingerprint density at radius 1 is 0.556 bits per heavy atom. The maximum atomic E-state index is 6.55. The van der Waals surface area contributed by atoms with Gasteiger partial charge in [-0.15, -0.1) is 11.3 Å². The van der Waals surface area contributed by atoms with Crippen LogP contribution in [0, 0.1) is 0 Å². The van der Waals surface area contributed by atoms with Crippen LogP contribution in [0.2, 0.25) is 0 Å². The molecule has 2 nitrogen and oxygen atoms in total. The first-order valence-corrected chi connectivity index (χ1v) is 13.4. The number of hydrogen-bond acceptors (Lipinski definition) is 3. The van der Waals surface area contributed by atoms with Crippen molar-refractivity contribution in [1.82, 2.24) is 0 Å². The van der Waals surface area contributed by atoms with E-state index in [9.17, 15) is 0 Å². The molecule has 4 heteroatoms. The summed E-state index contributed by atoms with van der Waals surface area (Å²) in [4.78, 5) is 0. The molecule has 0 radical (unpaired) electrons. The molecule has 36 heavy (non-hydrogen) atoms. The number of fused-ring (bicyclic) bond motifs is 6. The maximum absolute atomic E-state index is 6.55. The van der Waals surface area contributed by atoms with Gasteiger partial charge in [-0.1, -0.05) is 72.8 Å². The largest absolute Gasteiger partial charge is 0.495 e. The molecule has 0 N–H and O–H groups in total. The molecule has 0 spiro atoms. The first kappa shape index (κ1) is 22.1. The van der Waals surface area contributed by atoms with Crippen LogP contribution in [-0.2, 0) is 9.31 Å². The van der Waals surface area contributed by atoms with Crippen LogP contribution >= 0.6 is 11.3 Å². The number of benzene rings is 5. The van der Waals surface area contributed by atoms with Crippen molar-refractivity contribution >= 4 is 65.6 Å². The summed E-state index contributed by atoms with van der Waals surface area (Å²) in [5.41, 5.74) is 2.69. The molecule has 5 aromatic carbocycles. The highest BCUT2D eigenvalue weighted by Crippen LogP contribution is 2.40. The second-order valence-corrected chi connectivity index (χ2v) is 11.9. The third-order valence-electron chi connectivity index (χ3n) is 8.11. The molecule has 1 fully saturated rings. The third kappa shape index (κ3) is 3.25. The molecule has 7 rings (SSSR count). The number of thiophene rings is 1. The van der Waals surface area contributed by atoms with Crippen LogP contribution < -0.4 is 5.46 Å². The number of rotatable bonds is 2. The van der Waals surface area contributed by atoms with Gasteiger partial charge in [-0.25, -0.2) is 0 Å². The van der Waals surface area contributed by atoms with Crippen molar-refractivity contribution < 1.29 is 9.31 Å². The zero-order valence-corrected chi connectivity index (χ0v) is 21.8. The average Bonchev–Trinajstić information content (AvgIpc) is 3.35. The van der Waals surface area contributed by atoms with Gasteiger partial charge in [-0.3, -0.25) is 0 Å². The standard InChI is InChI=1S/C32H27BO2S/c1-31(2)32(3,4)35-33(34-31)28-18-22(17-27-23-10-6-5-9-20(23)13-15-24(27)28)21-14-16-26-25-11-7-8-12-29(25)36-30(26)19-21/h5-19H,1-4H3. The Bertz CT molecular complexity index is 1800. The van der Waals surface area contributed by atoms with Gasteiger partial charge in [0.2, 0.25) is 0 Å². The molecular formula is C32H27BO2S. The smallest absolute Gasteiger partial charge is 0.399 e. The Balaban J connectivity index is 1.48. The molecule has 0 aliphatic carbocycles. The van der Waals surface area contributed by atoms with Gasteiger partial charge in [-0.05, 0) is 84.0 Å². The molecular weight excluding hydrogens is 459 g/mol. The van der Waals surface area contributed by atoms with Crippen LogP contribution in [0.3, 0.4) is 0 Å². The summed E-state index contributed by atoms with van der Waals surface area (Å²) in [5.74, 6) is 0. The van der Waals surface area contributed by atoms with Crippen molar-refractivity contribution in [3.8, 4) is 11.1 Å². The lowest BCUT2D eigenvalue weighted by Gasteiger charge is -2.32. The van der Waals surface area contributed by atoms with E-state index < -0.39 is 18.3 Å². The molecule has 6 aromatic rings. The van der Waals surface area contributed by atoms with E-state index in [1.54, 1.807) is 0 Å². The lowest BCUT2D eigenvalue weighted by atomic mass is 9.74. The van der Waals surface area contributed by atoms with Gasteiger partial charge in [0, 0.05) is 20.2 Å². The lowest BCUT2D eigenvalue weighted by molar-refractivity contribution is 0.00578. The highest BCUT2D eigenvalue weighted by Gasteiger charge is 2.52. The van der Waals surface area contributed by atoms with Gasteiger partial charge in [0.05, 0.1) is 11.2 Å². The molecule has 0 saturated carbocycles. The lowest BCUT2D eigenvalue weighted by Crippen LogP contribution is -2.41. The first-order valence-electron chi connectivity index (χ1n) is 12.5. The van der Waals surface area contributed by atoms with Crippen molar-refractivity contribution in [3.05, 3.63) is 91.0 Å². The minimum atomic E-state index is -0.424. The monoisotopic (exact) mass is 486 g/mol. The molecule has 2 heterocycles. The van der Waals surface area contributed by atoms with Crippen LogP contribution in [0.15, 0.2) is 91.0 Å². The van der Waals surface area contributed by atoms with Gasteiger partial charge in [0.1, 0.15) is 0 Å². The van der Waals surface area contributed by atoms with E-state index in [-0.39, 0.29) is 0 Å². The first-order chi connectivity index (χ1) is 17.3. The molecule has 0 bridgehead atoms. The van der Waals surface area contributed by atoms with E-state index >= 15 is 0 Å². The van der Waals surface area contributed by atoms with E-state index in [4.69, 9.17) is 9.31 Å². The molecule has 1 aromatic heterocycles. The highest BCUT2D eigenvalue weighted by atomic mass is 32.1. The van der Waals surface area contributed by atoms with Gasteiger partial charge >= 0.3 is 7.12 Å². The second kappa shape index (κ2) is 7.66. The minimum Gasteiger partial charge on any atom is -0.399 e. The summed E-state index contributed by atoms with van der Waals surface area (Å²) in [7, 11) is -0.424. The van der Waals surface area contributed by atoms with Crippen LogP contribution in [0.1, 0.15) is 27.7 Å². The second-order valence-electron chi connectivity index (χ2n) is 10.8. The van der Waals surface area contributed by atoms with Crippen LogP contribution in [0.5, 0.6) is 0 Å². The predicted octanol–water partition coefficient (Wildman–Crippen LogP) is 8.33. The van der Waals surface area contributed by atoms with Crippen molar-refractivity contribution in [2.24, 2.45) is 0 Å². The molecule has 1 aliphatic rings. The topological polar surface area (TPSA) is 18.5 Å². The fraction of sp³-hybridized carbons (Fsp3) is 0.188. The van der Waals surface area contributed by atoms with Gasteiger partial charge in [0.25, 0.3) is 0 Å². The fourth-order valence-corrected chi connectivity index (χ4v) is 6.53. The van der Waals surface area contributed by atoms with Crippen molar-refractivity contribution in [1.29, 1.82) is 0 Å². The minimum absolute atomic E-state index is 0.396. The highest BCUT2D eigenvalue weighted by molar-refractivity contribution is 7.25. The summed E-state index contributed by atoms with van der Waals surface area (Å²) in [6.45, 7) is 8.46. The summed E-state index contributed by atoms with van der Waals surface area (Å²) in [6.07, 6.45) is 0. The molecule has 0 atom stereocenters. The summed E-state index contributed by atoms with van der Waals surface area (Å²) in [6, 6.07) is 33.1. The zero-order valence-electron chi connectivity index (χ0n) is 21.0. The van der Waals surface area contributed by atoms with Crippen LogP contribution in [0.25, 0.3) is 52.8 Å².